The van der Waals surface area contributed by atoms with Gasteiger partial charge in [0, 0.05) is 6.61 Å². The summed E-state index contributed by atoms with van der Waals surface area (Å²) in [6.45, 7) is -0.387. The first-order valence-corrected chi connectivity index (χ1v) is 5.14. The van der Waals surface area contributed by atoms with Gasteiger partial charge in [0.2, 0.25) is 0 Å². The molecule has 96 valence electrons. The van der Waals surface area contributed by atoms with Crippen LogP contribution in [-0.4, -0.2) is 76.1 Å². The minimum atomic E-state index is -1.43. The fourth-order valence-electron chi connectivity index (χ4n) is 1.47. The summed E-state index contributed by atoms with van der Waals surface area (Å²) in [5, 5.41) is 45.8. The van der Waals surface area contributed by atoms with Gasteiger partial charge in [-0.1, -0.05) is 0 Å². The molecule has 0 aliphatic carbocycles. The predicted molar refractivity (Wildman–Crippen MR) is 51.4 cm³/mol. The summed E-state index contributed by atoms with van der Waals surface area (Å²) < 4.78 is 10.1. The van der Waals surface area contributed by atoms with Crippen molar-refractivity contribution in [3.63, 3.8) is 0 Å². The topological polar surface area (TPSA) is 120 Å². The van der Waals surface area contributed by atoms with Crippen LogP contribution in [0.2, 0.25) is 0 Å². The Labute approximate surface area is 92.9 Å². The van der Waals surface area contributed by atoms with Crippen molar-refractivity contribution in [2.75, 3.05) is 19.8 Å². The lowest BCUT2D eigenvalue weighted by Crippen LogP contribution is -2.59. The molecule has 1 rings (SSSR count). The summed E-state index contributed by atoms with van der Waals surface area (Å²) in [5.74, 6) is 0. The van der Waals surface area contributed by atoms with Crippen LogP contribution >= 0.6 is 0 Å². The van der Waals surface area contributed by atoms with Gasteiger partial charge in [0.05, 0.1) is 13.2 Å². The molecule has 1 saturated heterocycles. The number of rotatable bonds is 5. The van der Waals surface area contributed by atoms with Crippen LogP contribution in [0.25, 0.3) is 0 Å². The molecule has 5 N–H and O–H groups in total. The number of hydrogen-bond acceptors (Lipinski definition) is 7. The molecule has 1 aliphatic heterocycles. The molecule has 0 amide bonds. The van der Waals surface area contributed by atoms with E-state index >= 15 is 0 Å². The highest BCUT2D eigenvalue weighted by atomic mass is 16.7. The van der Waals surface area contributed by atoms with E-state index in [1.165, 1.54) is 0 Å². The van der Waals surface area contributed by atoms with Crippen LogP contribution in [0.3, 0.4) is 0 Å². The lowest BCUT2D eigenvalue weighted by molar-refractivity contribution is -0.301. The number of aliphatic hydroxyl groups excluding tert-OH is 5. The third-order valence-electron chi connectivity index (χ3n) is 2.43. The van der Waals surface area contributed by atoms with Crippen LogP contribution in [0.15, 0.2) is 0 Å². The van der Waals surface area contributed by atoms with Gasteiger partial charge < -0.3 is 35.0 Å². The van der Waals surface area contributed by atoms with E-state index < -0.39 is 37.3 Å². The van der Waals surface area contributed by atoms with Crippen molar-refractivity contribution in [1.82, 2.24) is 0 Å². The molecule has 1 aliphatic rings. The van der Waals surface area contributed by atoms with Crippen LogP contribution in [0, 0.1) is 0 Å². The molecule has 7 nitrogen and oxygen atoms in total. The molecule has 0 bridgehead atoms. The molecule has 1 heterocycles. The highest BCUT2D eigenvalue weighted by Gasteiger charge is 2.43. The molecule has 16 heavy (non-hydrogen) atoms. The van der Waals surface area contributed by atoms with Gasteiger partial charge in [-0.3, -0.25) is 0 Å². The Morgan fingerprint density at radius 2 is 1.69 bits per heavy atom. The molecule has 0 unspecified atom stereocenters. The lowest BCUT2D eigenvalue weighted by atomic mass is 9.99. The normalized spacial score (nSPS) is 39.9. The quantitative estimate of drug-likeness (QED) is 0.328. The van der Waals surface area contributed by atoms with Crippen molar-refractivity contribution in [3.8, 4) is 0 Å². The Kier molecular flexibility index (Phi) is 5.56. The summed E-state index contributed by atoms with van der Waals surface area (Å²) in [7, 11) is 0. The van der Waals surface area contributed by atoms with Crippen LogP contribution in [0.1, 0.15) is 6.42 Å². The highest BCUT2D eigenvalue weighted by Crippen LogP contribution is 2.21. The zero-order valence-corrected chi connectivity index (χ0v) is 8.77. The molecule has 0 radical (unpaired) electrons. The van der Waals surface area contributed by atoms with E-state index in [0.29, 0.717) is 6.42 Å². The van der Waals surface area contributed by atoms with Gasteiger partial charge in [-0.15, -0.1) is 0 Å². The van der Waals surface area contributed by atoms with E-state index in [4.69, 9.17) is 19.7 Å². The predicted octanol–water partition coefficient (Wildman–Crippen LogP) is -2.81. The maximum Gasteiger partial charge on any atom is 0.186 e. The second-order valence-corrected chi connectivity index (χ2v) is 3.65. The number of ether oxygens (including phenoxy) is 2. The highest BCUT2D eigenvalue weighted by molar-refractivity contribution is 4.88. The van der Waals surface area contributed by atoms with Gasteiger partial charge in [-0.05, 0) is 6.42 Å². The molecule has 5 atom stereocenters. The van der Waals surface area contributed by atoms with E-state index in [-0.39, 0.29) is 13.2 Å². The van der Waals surface area contributed by atoms with Crippen molar-refractivity contribution in [2.24, 2.45) is 0 Å². The Hall–Kier alpha value is -0.280. The molecule has 0 aromatic rings. The van der Waals surface area contributed by atoms with E-state index in [1.807, 2.05) is 0 Å². The molecule has 0 spiro atoms. The van der Waals surface area contributed by atoms with E-state index in [0.717, 1.165) is 0 Å². The summed E-state index contributed by atoms with van der Waals surface area (Å²) in [6.07, 6.45) is -5.88. The smallest absolute Gasteiger partial charge is 0.186 e. The van der Waals surface area contributed by atoms with Crippen LogP contribution in [-0.2, 0) is 9.47 Å². The Bertz CT molecular complexity index is 198. The van der Waals surface area contributed by atoms with Gasteiger partial charge in [-0.2, -0.15) is 0 Å². The first kappa shape index (κ1) is 13.8. The summed E-state index contributed by atoms with van der Waals surface area (Å²) >= 11 is 0. The zero-order chi connectivity index (χ0) is 12.1. The first-order chi connectivity index (χ1) is 7.61. The van der Waals surface area contributed by atoms with Crippen LogP contribution < -0.4 is 0 Å². The zero-order valence-electron chi connectivity index (χ0n) is 8.77. The molecule has 0 aromatic carbocycles. The number of aliphatic hydroxyl groups is 5. The molecular formula is C9H18O7. The monoisotopic (exact) mass is 238 g/mol. The fourth-order valence-corrected chi connectivity index (χ4v) is 1.47. The van der Waals surface area contributed by atoms with Gasteiger partial charge in [-0.25, -0.2) is 0 Å². The number of hydrogen-bond donors (Lipinski definition) is 5. The van der Waals surface area contributed by atoms with Crippen LogP contribution in [0.4, 0.5) is 0 Å². The summed E-state index contributed by atoms with van der Waals surface area (Å²) in [5.41, 5.74) is 0. The Morgan fingerprint density at radius 3 is 2.25 bits per heavy atom. The van der Waals surface area contributed by atoms with Crippen molar-refractivity contribution < 1.29 is 35.0 Å². The second-order valence-electron chi connectivity index (χ2n) is 3.65. The molecule has 0 saturated carbocycles. The minimum absolute atomic E-state index is 0.0581. The van der Waals surface area contributed by atoms with Gasteiger partial charge in [0.25, 0.3) is 0 Å². The van der Waals surface area contributed by atoms with Crippen molar-refractivity contribution in [1.29, 1.82) is 0 Å². The first-order valence-electron chi connectivity index (χ1n) is 5.14. The fraction of sp³-hybridized carbons (Fsp3) is 1.00. The molecule has 1 fully saturated rings. The largest absolute Gasteiger partial charge is 0.396 e. The van der Waals surface area contributed by atoms with Gasteiger partial charge in [0.1, 0.15) is 24.4 Å². The van der Waals surface area contributed by atoms with E-state index in [1.54, 1.807) is 0 Å². The van der Waals surface area contributed by atoms with Crippen LogP contribution in [0.5, 0.6) is 0 Å². The molecule has 0 aromatic heterocycles. The van der Waals surface area contributed by atoms with Crippen molar-refractivity contribution in [2.45, 2.75) is 37.1 Å². The Morgan fingerprint density at radius 1 is 1.00 bits per heavy atom. The lowest BCUT2D eigenvalue weighted by Gasteiger charge is -2.39. The second kappa shape index (κ2) is 6.45. The van der Waals surface area contributed by atoms with Crippen molar-refractivity contribution >= 4 is 0 Å². The minimum Gasteiger partial charge on any atom is -0.396 e. The third-order valence-corrected chi connectivity index (χ3v) is 2.43. The average Bonchev–Trinajstić information content (AvgIpc) is 2.29. The Balaban J connectivity index is 2.50. The maximum atomic E-state index is 9.52. The summed E-state index contributed by atoms with van der Waals surface area (Å²) in [4.78, 5) is 0. The summed E-state index contributed by atoms with van der Waals surface area (Å²) in [6, 6.07) is 0. The van der Waals surface area contributed by atoms with Gasteiger partial charge >= 0.3 is 0 Å². The average molecular weight is 238 g/mol. The maximum absolute atomic E-state index is 9.52. The van der Waals surface area contributed by atoms with Gasteiger partial charge in [0.15, 0.2) is 6.29 Å². The van der Waals surface area contributed by atoms with E-state index in [2.05, 4.69) is 0 Å². The molecular weight excluding hydrogens is 220 g/mol. The van der Waals surface area contributed by atoms with E-state index in [9.17, 15) is 15.3 Å². The SMILES string of the molecule is OCCCO[C@@H]1O[C@H](CO)[C@@H](O)[C@H](O)[C@@H]1O. The van der Waals surface area contributed by atoms with Crippen molar-refractivity contribution in [3.05, 3.63) is 0 Å². The molecule has 7 heteroatoms. The third kappa shape index (κ3) is 3.11. The standard InChI is InChI=1S/C9H18O7/c10-2-1-3-15-9-8(14)7(13)6(12)5(4-11)16-9/h5-14H,1-4H2/t5-,6-,7+,8+,9-/m1/s1.